The molecule has 0 amide bonds. The van der Waals surface area contributed by atoms with Crippen LogP contribution in [0.25, 0.3) is 0 Å². The van der Waals surface area contributed by atoms with Crippen molar-refractivity contribution in [1.82, 2.24) is 5.32 Å². The molecular weight excluding hydrogens is 316 g/mol. The Bertz CT molecular complexity index is 436. The van der Waals surface area contributed by atoms with Gasteiger partial charge in [-0.1, -0.05) is 22.0 Å². The van der Waals surface area contributed by atoms with E-state index in [4.69, 9.17) is 5.11 Å². The van der Waals surface area contributed by atoms with Gasteiger partial charge in [-0.3, -0.25) is 0 Å². The quantitative estimate of drug-likeness (QED) is 0.862. The number of anilines is 1. The first kappa shape index (κ1) is 15.8. The largest absolute Gasteiger partial charge is 0.396 e. The molecule has 0 bridgehead atoms. The van der Waals surface area contributed by atoms with Gasteiger partial charge >= 0.3 is 0 Å². The Morgan fingerprint density at radius 2 is 2.30 bits per heavy atom. The molecule has 0 spiro atoms. The monoisotopic (exact) mass is 340 g/mol. The number of nitrogens with one attached hydrogen (secondary N) is 1. The molecule has 112 valence electrons. The molecule has 0 aliphatic carbocycles. The molecule has 1 fully saturated rings. The van der Waals surface area contributed by atoms with Crippen LogP contribution in [0.15, 0.2) is 22.7 Å². The van der Waals surface area contributed by atoms with Crippen LogP contribution in [0.5, 0.6) is 0 Å². The van der Waals surface area contributed by atoms with E-state index in [9.17, 15) is 0 Å². The highest BCUT2D eigenvalue weighted by atomic mass is 79.9. The van der Waals surface area contributed by atoms with Crippen LogP contribution in [0.3, 0.4) is 0 Å². The Kier molecular flexibility index (Phi) is 5.87. The molecule has 1 heterocycles. The highest BCUT2D eigenvalue weighted by Crippen LogP contribution is 2.33. The highest BCUT2D eigenvalue weighted by Gasteiger charge is 2.22. The van der Waals surface area contributed by atoms with Crippen LogP contribution in [-0.4, -0.2) is 31.9 Å². The third kappa shape index (κ3) is 3.74. The summed E-state index contributed by atoms with van der Waals surface area (Å²) >= 11 is 3.59. The van der Waals surface area contributed by atoms with Crippen molar-refractivity contribution in [3.05, 3.63) is 28.2 Å². The Labute approximate surface area is 130 Å². The predicted molar refractivity (Wildman–Crippen MR) is 88.3 cm³/mol. The van der Waals surface area contributed by atoms with Gasteiger partial charge in [-0.05, 0) is 56.8 Å². The number of nitrogens with zero attached hydrogens (tertiary/aromatic N) is 1. The van der Waals surface area contributed by atoms with E-state index in [1.165, 1.54) is 24.1 Å². The Morgan fingerprint density at radius 3 is 3.00 bits per heavy atom. The molecule has 0 aromatic heterocycles. The van der Waals surface area contributed by atoms with Gasteiger partial charge in [0.1, 0.15) is 0 Å². The molecule has 1 aromatic rings. The third-order valence-electron chi connectivity index (χ3n) is 4.29. The standard InChI is InChI=1S/C16H25BrN2O/c1-12(18-2)15-6-5-14(17)10-16(15)19-8-3-4-13(11-19)7-9-20/h5-6,10,12-13,18,20H,3-4,7-9,11H2,1-2H3. The van der Waals surface area contributed by atoms with Crippen LogP contribution in [0, 0.1) is 5.92 Å². The molecular formula is C16H25BrN2O. The van der Waals surface area contributed by atoms with Crippen LogP contribution in [0.1, 0.15) is 37.8 Å². The minimum atomic E-state index is 0.302. The first-order valence-corrected chi connectivity index (χ1v) is 8.27. The summed E-state index contributed by atoms with van der Waals surface area (Å²) in [5, 5.41) is 12.5. The van der Waals surface area contributed by atoms with E-state index in [1.807, 2.05) is 7.05 Å². The molecule has 0 radical (unpaired) electrons. The smallest absolute Gasteiger partial charge is 0.0434 e. The van der Waals surface area contributed by atoms with Gasteiger partial charge in [0, 0.05) is 35.9 Å². The van der Waals surface area contributed by atoms with Crippen LogP contribution >= 0.6 is 15.9 Å². The lowest BCUT2D eigenvalue weighted by Crippen LogP contribution is -2.36. The van der Waals surface area contributed by atoms with E-state index >= 15 is 0 Å². The molecule has 1 aliphatic rings. The summed E-state index contributed by atoms with van der Waals surface area (Å²) in [5.74, 6) is 0.616. The molecule has 2 N–H and O–H groups in total. The van der Waals surface area contributed by atoms with Gasteiger partial charge in [-0.25, -0.2) is 0 Å². The average Bonchev–Trinajstić information content (AvgIpc) is 2.47. The molecule has 2 unspecified atom stereocenters. The van der Waals surface area contributed by atoms with Crippen molar-refractivity contribution in [1.29, 1.82) is 0 Å². The number of aliphatic hydroxyl groups excluding tert-OH is 1. The fourth-order valence-corrected chi connectivity index (χ4v) is 3.36. The van der Waals surface area contributed by atoms with Crippen LogP contribution < -0.4 is 10.2 Å². The zero-order valence-electron chi connectivity index (χ0n) is 12.4. The van der Waals surface area contributed by atoms with E-state index in [-0.39, 0.29) is 0 Å². The third-order valence-corrected chi connectivity index (χ3v) is 4.78. The molecule has 2 atom stereocenters. The molecule has 0 saturated carbocycles. The van der Waals surface area contributed by atoms with Gasteiger partial charge in [0.25, 0.3) is 0 Å². The number of hydrogen-bond donors (Lipinski definition) is 2. The van der Waals surface area contributed by atoms with Gasteiger partial charge in [0.2, 0.25) is 0 Å². The Morgan fingerprint density at radius 1 is 1.50 bits per heavy atom. The second-order valence-electron chi connectivity index (χ2n) is 5.68. The van der Waals surface area contributed by atoms with Crippen molar-refractivity contribution in [3.8, 4) is 0 Å². The topological polar surface area (TPSA) is 35.5 Å². The molecule has 1 aliphatic heterocycles. The maximum atomic E-state index is 9.16. The SMILES string of the molecule is CNC(C)c1ccc(Br)cc1N1CCCC(CCO)C1. The van der Waals surface area contributed by atoms with Gasteiger partial charge in [0.15, 0.2) is 0 Å². The van der Waals surface area contributed by atoms with Crippen molar-refractivity contribution < 1.29 is 5.11 Å². The van der Waals surface area contributed by atoms with Gasteiger partial charge in [-0.2, -0.15) is 0 Å². The van der Waals surface area contributed by atoms with E-state index in [1.54, 1.807) is 0 Å². The number of hydrogen-bond acceptors (Lipinski definition) is 3. The fourth-order valence-electron chi connectivity index (χ4n) is 3.01. The first-order chi connectivity index (χ1) is 9.65. The van der Waals surface area contributed by atoms with Crippen LogP contribution in [0.4, 0.5) is 5.69 Å². The lowest BCUT2D eigenvalue weighted by atomic mass is 9.93. The summed E-state index contributed by atoms with van der Waals surface area (Å²) in [7, 11) is 2.00. The summed E-state index contributed by atoms with van der Waals surface area (Å²) in [6.07, 6.45) is 3.37. The average molecular weight is 341 g/mol. The second-order valence-corrected chi connectivity index (χ2v) is 6.60. The molecule has 1 saturated heterocycles. The van der Waals surface area contributed by atoms with E-state index in [0.29, 0.717) is 18.6 Å². The van der Waals surface area contributed by atoms with Crippen molar-refractivity contribution >= 4 is 21.6 Å². The van der Waals surface area contributed by atoms with Crippen molar-refractivity contribution in [2.75, 3.05) is 31.6 Å². The minimum absolute atomic E-state index is 0.302. The molecule has 3 nitrogen and oxygen atoms in total. The highest BCUT2D eigenvalue weighted by molar-refractivity contribution is 9.10. The van der Waals surface area contributed by atoms with Gasteiger partial charge < -0.3 is 15.3 Å². The summed E-state index contributed by atoms with van der Waals surface area (Å²) < 4.78 is 1.13. The maximum Gasteiger partial charge on any atom is 0.0434 e. The summed E-state index contributed by atoms with van der Waals surface area (Å²) in [6, 6.07) is 6.89. The number of aliphatic hydroxyl groups is 1. The molecule has 2 rings (SSSR count). The van der Waals surface area contributed by atoms with Crippen molar-refractivity contribution in [2.24, 2.45) is 5.92 Å². The van der Waals surface area contributed by atoms with E-state index < -0.39 is 0 Å². The van der Waals surface area contributed by atoms with Crippen molar-refractivity contribution in [2.45, 2.75) is 32.2 Å². The summed E-state index contributed by atoms with van der Waals surface area (Å²) in [5.41, 5.74) is 2.67. The molecule has 1 aromatic carbocycles. The number of piperidine rings is 1. The number of halogens is 1. The first-order valence-electron chi connectivity index (χ1n) is 7.48. The Hall–Kier alpha value is -0.580. The lowest BCUT2D eigenvalue weighted by Gasteiger charge is -2.36. The Balaban J connectivity index is 2.23. The predicted octanol–water partition coefficient (Wildman–Crippen LogP) is 3.33. The van der Waals surface area contributed by atoms with E-state index in [2.05, 4.69) is 51.3 Å². The van der Waals surface area contributed by atoms with Crippen molar-refractivity contribution in [3.63, 3.8) is 0 Å². The second kappa shape index (κ2) is 7.43. The van der Waals surface area contributed by atoms with Crippen LogP contribution in [0.2, 0.25) is 0 Å². The lowest BCUT2D eigenvalue weighted by molar-refractivity contribution is 0.244. The number of benzene rings is 1. The normalized spacial score (nSPS) is 21.0. The molecule has 4 heteroatoms. The zero-order chi connectivity index (χ0) is 14.5. The summed E-state index contributed by atoms with van der Waals surface area (Å²) in [4.78, 5) is 2.48. The van der Waals surface area contributed by atoms with E-state index in [0.717, 1.165) is 24.0 Å². The van der Waals surface area contributed by atoms with Gasteiger partial charge in [0.05, 0.1) is 0 Å². The minimum Gasteiger partial charge on any atom is -0.396 e. The zero-order valence-corrected chi connectivity index (χ0v) is 14.0. The summed E-state index contributed by atoms with van der Waals surface area (Å²) in [6.45, 7) is 4.67. The van der Waals surface area contributed by atoms with Crippen LogP contribution in [-0.2, 0) is 0 Å². The molecule has 20 heavy (non-hydrogen) atoms. The fraction of sp³-hybridized carbons (Fsp3) is 0.625. The number of rotatable bonds is 5. The van der Waals surface area contributed by atoms with Gasteiger partial charge in [-0.15, -0.1) is 0 Å². The maximum absolute atomic E-state index is 9.16.